The third kappa shape index (κ3) is 10.0. The molecule has 0 spiro atoms. The van der Waals surface area contributed by atoms with Gasteiger partial charge >= 0.3 is 35.1 Å². The smallest absolute Gasteiger partial charge is 0.459 e. The number of carbonyl (C=O) groups excluding carboxylic acids is 1. The van der Waals surface area contributed by atoms with Gasteiger partial charge in [-0.15, -0.1) is 0 Å². The van der Waals surface area contributed by atoms with Gasteiger partial charge < -0.3 is 29.0 Å². The number of azide groups is 1. The SMILES string of the molecule is Cc1cn([C@H]2CC(OC(=O)Cc3ccccc3C(C)N=[N+]=[N-])[C@@H](COP(=O)(O)OP(=O)(O)OP(=O)(O)O)O2)c(=O)[nH]c1=O. The fraction of sp³-hybridized carbons (Fsp3) is 0.450. The second-order valence-corrected chi connectivity index (χ2v) is 13.4. The molecule has 1 aliphatic rings. The van der Waals surface area contributed by atoms with E-state index < -0.39 is 71.8 Å². The molecule has 1 aromatic carbocycles. The lowest BCUT2D eigenvalue weighted by atomic mass is 9.99. The average Bonchev–Trinajstić information content (AvgIpc) is 3.25. The van der Waals surface area contributed by atoms with Gasteiger partial charge in [-0.1, -0.05) is 36.3 Å². The molecule has 0 saturated carbocycles. The third-order valence-corrected chi connectivity index (χ3v) is 9.60. The van der Waals surface area contributed by atoms with Crippen molar-refractivity contribution in [2.24, 2.45) is 5.11 Å². The maximum absolute atomic E-state index is 12.9. The maximum atomic E-state index is 12.9. The zero-order chi connectivity index (χ0) is 32.2. The molecular formula is C20H26N5O15P3. The van der Waals surface area contributed by atoms with Crippen LogP contribution in [0.25, 0.3) is 10.4 Å². The van der Waals surface area contributed by atoms with Crippen molar-refractivity contribution in [2.45, 2.75) is 51.2 Å². The molecule has 1 saturated heterocycles. The Balaban J connectivity index is 1.82. The molecule has 0 aliphatic carbocycles. The Morgan fingerprint density at radius 2 is 1.86 bits per heavy atom. The molecule has 5 N–H and O–H groups in total. The van der Waals surface area contributed by atoms with Crippen molar-refractivity contribution in [1.82, 2.24) is 9.55 Å². The third-order valence-electron chi connectivity index (χ3n) is 5.80. The molecule has 236 valence electrons. The van der Waals surface area contributed by atoms with E-state index in [0.29, 0.717) is 11.1 Å². The largest absolute Gasteiger partial charge is 0.490 e. The number of H-pyrrole nitrogens is 1. The van der Waals surface area contributed by atoms with Crippen molar-refractivity contribution < 1.29 is 60.7 Å². The molecule has 0 bridgehead atoms. The minimum Gasteiger partial charge on any atom is -0.459 e. The van der Waals surface area contributed by atoms with E-state index in [4.69, 9.17) is 24.8 Å². The predicted molar refractivity (Wildman–Crippen MR) is 142 cm³/mol. The average molecular weight is 669 g/mol. The molecule has 1 fully saturated rings. The Kier molecular flexibility index (Phi) is 11.1. The fourth-order valence-corrected chi connectivity index (χ4v) is 7.05. The number of phosphoric acid groups is 3. The van der Waals surface area contributed by atoms with Crippen LogP contribution in [0.2, 0.25) is 0 Å². The maximum Gasteiger partial charge on any atom is 0.490 e. The summed E-state index contributed by atoms with van der Waals surface area (Å²) in [4.78, 5) is 78.5. The highest BCUT2D eigenvalue weighted by molar-refractivity contribution is 7.66. The molecule has 43 heavy (non-hydrogen) atoms. The normalized spacial score (nSPS) is 22.1. The van der Waals surface area contributed by atoms with Crippen LogP contribution < -0.4 is 11.2 Å². The molecule has 6 atom stereocenters. The highest BCUT2D eigenvalue weighted by atomic mass is 31.3. The van der Waals surface area contributed by atoms with Crippen LogP contribution in [0.5, 0.6) is 0 Å². The summed E-state index contributed by atoms with van der Waals surface area (Å²) in [5.74, 6) is -0.830. The van der Waals surface area contributed by atoms with E-state index in [-0.39, 0.29) is 18.4 Å². The van der Waals surface area contributed by atoms with Crippen LogP contribution in [0.3, 0.4) is 0 Å². The number of hydrogen-bond acceptors (Lipinski definition) is 12. The van der Waals surface area contributed by atoms with Crippen molar-refractivity contribution in [3.8, 4) is 0 Å². The first-order valence-corrected chi connectivity index (χ1v) is 16.5. The number of nitrogens with one attached hydrogen (secondary N) is 1. The van der Waals surface area contributed by atoms with Crippen LogP contribution in [0.15, 0.2) is 45.2 Å². The molecule has 1 aromatic heterocycles. The number of aromatic amines is 1. The Bertz CT molecular complexity index is 1670. The first kappa shape index (κ1) is 34.5. The molecule has 0 amide bonds. The van der Waals surface area contributed by atoms with Crippen LogP contribution in [0.4, 0.5) is 0 Å². The summed E-state index contributed by atoms with van der Waals surface area (Å²) in [6.45, 7) is 2.05. The summed E-state index contributed by atoms with van der Waals surface area (Å²) in [6.07, 6.45) is -3.28. The lowest BCUT2D eigenvalue weighted by molar-refractivity contribution is -0.152. The summed E-state index contributed by atoms with van der Waals surface area (Å²) in [5, 5.41) is 3.62. The van der Waals surface area contributed by atoms with E-state index in [9.17, 15) is 37.9 Å². The lowest BCUT2D eigenvalue weighted by Gasteiger charge is -2.21. The summed E-state index contributed by atoms with van der Waals surface area (Å²) in [5.41, 5.74) is 8.33. The Hall–Kier alpha value is -2.95. The highest BCUT2D eigenvalue weighted by Gasteiger charge is 2.44. The number of aromatic nitrogens is 2. The van der Waals surface area contributed by atoms with Crippen molar-refractivity contribution in [1.29, 1.82) is 0 Å². The minimum absolute atomic E-state index is 0.124. The molecule has 23 heteroatoms. The summed E-state index contributed by atoms with van der Waals surface area (Å²) < 4.78 is 58.9. The van der Waals surface area contributed by atoms with E-state index in [2.05, 4.69) is 28.2 Å². The first-order valence-electron chi connectivity index (χ1n) is 12.0. The van der Waals surface area contributed by atoms with Crippen molar-refractivity contribution in [3.63, 3.8) is 0 Å². The lowest BCUT2D eigenvalue weighted by Crippen LogP contribution is -2.33. The first-order chi connectivity index (χ1) is 19.9. The number of benzene rings is 1. The van der Waals surface area contributed by atoms with Gasteiger partial charge in [0, 0.05) is 23.1 Å². The Morgan fingerprint density at radius 3 is 2.51 bits per heavy atom. The van der Waals surface area contributed by atoms with Crippen LogP contribution in [0, 0.1) is 6.92 Å². The summed E-state index contributed by atoms with van der Waals surface area (Å²) >= 11 is 0. The molecule has 0 radical (unpaired) electrons. The van der Waals surface area contributed by atoms with E-state index >= 15 is 0 Å². The Labute approximate surface area is 241 Å². The number of hydrogen-bond donors (Lipinski definition) is 5. The van der Waals surface area contributed by atoms with Crippen LogP contribution >= 0.6 is 23.5 Å². The minimum atomic E-state index is -5.81. The van der Waals surface area contributed by atoms with Gasteiger partial charge in [-0.2, -0.15) is 8.62 Å². The summed E-state index contributed by atoms with van der Waals surface area (Å²) in [6, 6.07) is 5.93. The number of aryl methyl sites for hydroxylation is 1. The van der Waals surface area contributed by atoms with Crippen molar-refractivity contribution in [2.75, 3.05) is 6.61 Å². The molecule has 3 rings (SSSR count). The van der Waals surface area contributed by atoms with Gasteiger partial charge in [0.15, 0.2) is 0 Å². The van der Waals surface area contributed by atoms with E-state index in [1.165, 1.54) is 13.1 Å². The zero-order valence-corrected chi connectivity index (χ0v) is 24.9. The van der Waals surface area contributed by atoms with E-state index in [0.717, 1.165) is 4.57 Å². The topological polar surface area (TPSA) is 299 Å². The van der Waals surface area contributed by atoms with Gasteiger partial charge in [0.1, 0.15) is 18.4 Å². The molecule has 20 nitrogen and oxygen atoms in total. The fourth-order valence-electron chi connectivity index (χ4n) is 4.02. The number of carbonyl (C=O) groups is 1. The van der Waals surface area contributed by atoms with Gasteiger partial charge in [-0.3, -0.25) is 23.7 Å². The Morgan fingerprint density at radius 1 is 1.19 bits per heavy atom. The van der Waals surface area contributed by atoms with Crippen LogP contribution in [-0.2, 0) is 47.5 Å². The number of esters is 1. The van der Waals surface area contributed by atoms with E-state index in [1.807, 2.05) is 0 Å². The van der Waals surface area contributed by atoms with Gasteiger partial charge in [0.25, 0.3) is 5.56 Å². The highest BCUT2D eigenvalue weighted by Crippen LogP contribution is 2.66. The molecule has 4 unspecified atom stereocenters. The second kappa shape index (κ2) is 13.8. The molecule has 1 aliphatic heterocycles. The van der Waals surface area contributed by atoms with E-state index in [1.54, 1.807) is 31.2 Å². The monoisotopic (exact) mass is 669 g/mol. The number of nitrogens with zero attached hydrogens (tertiary/aromatic N) is 4. The molecule has 2 aromatic rings. The van der Waals surface area contributed by atoms with Crippen molar-refractivity contribution >= 4 is 29.4 Å². The van der Waals surface area contributed by atoms with Gasteiger partial charge in [0.05, 0.1) is 19.1 Å². The second-order valence-electron chi connectivity index (χ2n) is 9.02. The standard InChI is InChI=1S/C20H26N5O15P3/c1-11-9-25(20(28)22-19(11)27)17-8-15(38-18(26)7-13-5-3-4-6-14(13)12(2)23-24-21)16(37-17)10-36-42(32,33)40-43(34,35)39-41(29,30)31/h3-6,9,12,15-17H,7-8,10H2,1-2H3,(H,32,33)(H,34,35)(H,22,27,28)(H2,29,30,31)/t12?,15?,16-,17-/m1/s1. The number of ether oxygens (including phenoxy) is 2. The summed E-state index contributed by atoms with van der Waals surface area (Å²) in [7, 11) is -17.0. The molecule has 2 heterocycles. The van der Waals surface area contributed by atoms with Gasteiger partial charge in [0.2, 0.25) is 0 Å². The molecular weight excluding hydrogens is 643 g/mol. The predicted octanol–water partition coefficient (Wildman–Crippen LogP) is 2.00. The van der Waals surface area contributed by atoms with Crippen LogP contribution in [-0.4, -0.2) is 53.9 Å². The number of phosphoric ester groups is 1. The zero-order valence-electron chi connectivity index (χ0n) is 22.2. The van der Waals surface area contributed by atoms with Crippen molar-refractivity contribution in [3.05, 3.63) is 78.4 Å². The number of rotatable bonds is 13. The quantitative estimate of drug-likeness (QED) is 0.0670. The van der Waals surface area contributed by atoms with Gasteiger partial charge in [-0.25, -0.2) is 18.5 Å². The van der Waals surface area contributed by atoms with Gasteiger partial charge in [-0.05, 0) is 23.6 Å². The van der Waals surface area contributed by atoms with Crippen LogP contribution in [0.1, 0.15) is 42.3 Å².